The summed E-state index contributed by atoms with van der Waals surface area (Å²) in [5.74, 6) is -0.0927. The van der Waals surface area contributed by atoms with E-state index in [9.17, 15) is 9.59 Å². The van der Waals surface area contributed by atoms with E-state index in [-0.39, 0.29) is 17.7 Å². The molecule has 5 heteroatoms. The molecule has 0 fully saturated rings. The molecule has 0 bridgehead atoms. The average molecular weight is 365 g/mol. The van der Waals surface area contributed by atoms with Crippen molar-refractivity contribution in [3.8, 4) is 0 Å². The van der Waals surface area contributed by atoms with Crippen molar-refractivity contribution in [1.29, 1.82) is 0 Å². The van der Waals surface area contributed by atoms with Crippen LogP contribution in [0.3, 0.4) is 0 Å². The van der Waals surface area contributed by atoms with Crippen molar-refractivity contribution in [3.63, 3.8) is 0 Å². The first-order valence-corrected chi connectivity index (χ1v) is 9.55. The Hall–Kier alpha value is -2.82. The zero-order valence-corrected chi connectivity index (χ0v) is 15.8. The standard InChI is InChI=1S/C22H27N3O2/c1-25(19-9-3-2-4-10-19)15-7-14-23-21(26)13-12-18-16-17-8-5-6-11-20(17)24-22(18)27/h2-6,8-11,18H,7,12-16H2,1H3,(H,23,26)(H,24,27). The summed E-state index contributed by atoms with van der Waals surface area (Å²) in [4.78, 5) is 26.5. The van der Waals surface area contributed by atoms with Gasteiger partial charge in [0.15, 0.2) is 0 Å². The number of carbonyl (C=O) groups excluding carboxylic acids is 2. The van der Waals surface area contributed by atoms with E-state index in [2.05, 4.69) is 34.7 Å². The Morgan fingerprint density at radius 1 is 1.15 bits per heavy atom. The Labute approximate surface area is 160 Å². The summed E-state index contributed by atoms with van der Waals surface area (Å²) in [6.45, 7) is 1.53. The van der Waals surface area contributed by atoms with E-state index < -0.39 is 0 Å². The molecule has 0 radical (unpaired) electrons. The minimum atomic E-state index is -0.130. The van der Waals surface area contributed by atoms with E-state index in [0.29, 0.717) is 25.8 Å². The Morgan fingerprint density at radius 3 is 2.70 bits per heavy atom. The van der Waals surface area contributed by atoms with Gasteiger partial charge in [-0.2, -0.15) is 0 Å². The topological polar surface area (TPSA) is 61.4 Å². The largest absolute Gasteiger partial charge is 0.375 e. The summed E-state index contributed by atoms with van der Waals surface area (Å²) in [6.07, 6.45) is 2.55. The number of hydrogen-bond donors (Lipinski definition) is 2. The highest BCUT2D eigenvalue weighted by Gasteiger charge is 2.26. The Balaban J connectivity index is 1.35. The molecule has 5 nitrogen and oxygen atoms in total. The zero-order valence-electron chi connectivity index (χ0n) is 15.8. The predicted octanol–water partition coefficient (Wildman–Crippen LogP) is 3.22. The van der Waals surface area contributed by atoms with E-state index in [1.54, 1.807) is 0 Å². The van der Waals surface area contributed by atoms with Crippen molar-refractivity contribution in [2.45, 2.75) is 25.7 Å². The number of nitrogens with one attached hydrogen (secondary N) is 2. The molecule has 1 unspecified atom stereocenters. The number of rotatable bonds is 8. The van der Waals surface area contributed by atoms with Crippen molar-refractivity contribution >= 4 is 23.2 Å². The van der Waals surface area contributed by atoms with Gasteiger partial charge in [0.1, 0.15) is 0 Å². The van der Waals surface area contributed by atoms with Crippen LogP contribution in [0.4, 0.5) is 11.4 Å². The van der Waals surface area contributed by atoms with Crippen molar-refractivity contribution < 1.29 is 9.59 Å². The van der Waals surface area contributed by atoms with Crippen LogP contribution in [0.1, 0.15) is 24.8 Å². The maximum absolute atomic E-state index is 12.2. The molecule has 2 N–H and O–H groups in total. The van der Waals surface area contributed by atoms with E-state index in [4.69, 9.17) is 0 Å². The molecular formula is C22H27N3O2. The fraction of sp³-hybridized carbons (Fsp3) is 0.364. The second-order valence-corrected chi connectivity index (χ2v) is 7.05. The molecular weight excluding hydrogens is 338 g/mol. The minimum Gasteiger partial charge on any atom is -0.375 e. The normalized spacial score (nSPS) is 15.6. The minimum absolute atomic E-state index is 0.0176. The lowest BCUT2D eigenvalue weighted by Gasteiger charge is -2.24. The monoisotopic (exact) mass is 365 g/mol. The van der Waals surface area contributed by atoms with Crippen LogP contribution in [0.15, 0.2) is 54.6 Å². The van der Waals surface area contributed by atoms with Crippen LogP contribution >= 0.6 is 0 Å². The van der Waals surface area contributed by atoms with Crippen LogP contribution in [0, 0.1) is 5.92 Å². The van der Waals surface area contributed by atoms with Crippen LogP contribution < -0.4 is 15.5 Å². The van der Waals surface area contributed by atoms with Gasteiger partial charge in [0.2, 0.25) is 11.8 Å². The van der Waals surface area contributed by atoms with Gasteiger partial charge in [0.25, 0.3) is 0 Å². The van der Waals surface area contributed by atoms with Crippen LogP contribution in [0.2, 0.25) is 0 Å². The third-order valence-corrected chi connectivity index (χ3v) is 5.02. The highest BCUT2D eigenvalue weighted by Crippen LogP contribution is 2.27. The first-order valence-electron chi connectivity index (χ1n) is 9.55. The molecule has 2 aromatic carbocycles. The Kier molecular flexibility index (Phi) is 6.47. The fourth-order valence-corrected chi connectivity index (χ4v) is 3.40. The summed E-state index contributed by atoms with van der Waals surface area (Å²) in [5.41, 5.74) is 3.21. The molecule has 2 aromatic rings. The average Bonchev–Trinajstić information content (AvgIpc) is 2.70. The van der Waals surface area contributed by atoms with E-state index in [0.717, 1.165) is 24.2 Å². The van der Waals surface area contributed by atoms with Crippen LogP contribution in [0.5, 0.6) is 0 Å². The van der Waals surface area contributed by atoms with Crippen molar-refractivity contribution in [2.75, 3.05) is 30.4 Å². The van der Waals surface area contributed by atoms with Crippen molar-refractivity contribution in [1.82, 2.24) is 5.32 Å². The zero-order chi connectivity index (χ0) is 19.1. The van der Waals surface area contributed by atoms with Gasteiger partial charge in [-0.05, 0) is 43.0 Å². The maximum Gasteiger partial charge on any atom is 0.227 e. The van der Waals surface area contributed by atoms with Gasteiger partial charge in [0.05, 0.1) is 0 Å². The lowest BCUT2D eigenvalue weighted by atomic mass is 9.89. The predicted molar refractivity (Wildman–Crippen MR) is 109 cm³/mol. The molecule has 1 aliphatic heterocycles. The highest BCUT2D eigenvalue weighted by molar-refractivity contribution is 5.96. The summed E-state index contributed by atoms with van der Waals surface area (Å²) >= 11 is 0. The van der Waals surface area contributed by atoms with E-state index in [1.807, 2.05) is 42.5 Å². The molecule has 0 aromatic heterocycles. The van der Waals surface area contributed by atoms with Crippen molar-refractivity contribution in [3.05, 3.63) is 60.2 Å². The summed E-state index contributed by atoms with van der Waals surface area (Å²) < 4.78 is 0. The summed E-state index contributed by atoms with van der Waals surface area (Å²) in [5, 5.41) is 5.90. The number of nitrogens with zero attached hydrogens (tertiary/aromatic N) is 1. The molecule has 1 aliphatic rings. The number of benzene rings is 2. The van der Waals surface area contributed by atoms with Crippen LogP contribution in [0.25, 0.3) is 0 Å². The Morgan fingerprint density at radius 2 is 1.89 bits per heavy atom. The Bertz CT molecular complexity index is 776. The number of carbonyl (C=O) groups is 2. The lowest BCUT2D eigenvalue weighted by molar-refractivity contribution is -0.122. The SMILES string of the molecule is CN(CCCNC(=O)CCC1Cc2ccccc2NC1=O)c1ccccc1. The smallest absolute Gasteiger partial charge is 0.227 e. The molecule has 0 aliphatic carbocycles. The molecule has 0 saturated carbocycles. The first kappa shape index (κ1) is 19.0. The van der Waals surface area contributed by atoms with E-state index >= 15 is 0 Å². The molecule has 0 spiro atoms. The van der Waals surface area contributed by atoms with Gasteiger partial charge in [-0.25, -0.2) is 0 Å². The molecule has 1 heterocycles. The van der Waals surface area contributed by atoms with E-state index in [1.165, 1.54) is 5.69 Å². The van der Waals surface area contributed by atoms with Crippen LogP contribution in [-0.4, -0.2) is 32.0 Å². The van der Waals surface area contributed by atoms with Gasteiger partial charge in [-0.1, -0.05) is 36.4 Å². The summed E-state index contributed by atoms with van der Waals surface area (Å²) in [7, 11) is 2.05. The number of amides is 2. The van der Waals surface area contributed by atoms with Crippen LogP contribution in [-0.2, 0) is 16.0 Å². The molecule has 27 heavy (non-hydrogen) atoms. The molecule has 142 valence electrons. The molecule has 0 saturated heterocycles. The number of para-hydroxylation sites is 2. The summed E-state index contributed by atoms with van der Waals surface area (Å²) in [6, 6.07) is 18.0. The van der Waals surface area contributed by atoms with Gasteiger partial charge in [-0.15, -0.1) is 0 Å². The van der Waals surface area contributed by atoms with Gasteiger partial charge in [0, 0.05) is 43.9 Å². The third-order valence-electron chi connectivity index (χ3n) is 5.02. The van der Waals surface area contributed by atoms with Gasteiger partial charge in [-0.3, -0.25) is 9.59 Å². The first-order chi connectivity index (χ1) is 13.1. The lowest BCUT2D eigenvalue weighted by Crippen LogP contribution is -2.32. The second kappa shape index (κ2) is 9.21. The maximum atomic E-state index is 12.2. The number of hydrogen-bond acceptors (Lipinski definition) is 3. The second-order valence-electron chi connectivity index (χ2n) is 7.05. The number of anilines is 2. The quantitative estimate of drug-likeness (QED) is 0.706. The third kappa shape index (κ3) is 5.33. The fourth-order valence-electron chi connectivity index (χ4n) is 3.40. The number of fused-ring (bicyclic) bond motifs is 1. The molecule has 1 atom stereocenters. The highest BCUT2D eigenvalue weighted by atomic mass is 16.2. The van der Waals surface area contributed by atoms with Gasteiger partial charge >= 0.3 is 0 Å². The molecule has 3 rings (SSSR count). The van der Waals surface area contributed by atoms with Gasteiger partial charge < -0.3 is 15.5 Å². The molecule has 2 amide bonds. The van der Waals surface area contributed by atoms with Crippen molar-refractivity contribution in [2.24, 2.45) is 5.92 Å².